The summed E-state index contributed by atoms with van der Waals surface area (Å²) in [4.78, 5) is 30.9. The molecule has 1 aromatic rings. The summed E-state index contributed by atoms with van der Waals surface area (Å²) in [5, 5.41) is 2.92. The molecule has 0 aliphatic carbocycles. The fourth-order valence-corrected chi connectivity index (χ4v) is 5.88. The van der Waals surface area contributed by atoms with Crippen molar-refractivity contribution in [3.8, 4) is 0 Å². The van der Waals surface area contributed by atoms with Crippen molar-refractivity contribution >= 4 is 22.0 Å². The standard InChI is InChI=1S/C20H29N5O4S/c1-22-9-7-20(8-10-22)18(26)25(19(27)21-20)16-23-11-13-24(14-12-23)30(28,29)15-17-5-3-2-4-6-17/h2-6H,7-16H2,1H3,(H,21,27). The third kappa shape index (κ3) is 4.22. The third-order valence-corrected chi connectivity index (χ3v) is 8.19. The largest absolute Gasteiger partial charge is 0.326 e. The van der Waals surface area contributed by atoms with Crippen LogP contribution in [0.1, 0.15) is 18.4 Å². The first-order valence-electron chi connectivity index (χ1n) is 10.4. The molecule has 1 N–H and O–H groups in total. The van der Waals surface area contributed by atoms with E-state index >= 15 is 0 Å². The summed E-state index contributed by atoms with van der Waals surface area (Å²) >= 11 is 0. The minimum absolute atomic E-state index is 0.0160. The predicted octanol–water partition coefficient (Wildman–Crippen LogP) is 0.108. The van der Waals surface area contributed by atoms with Crippen molar-refractivity contribution in [2.45, 2.75) is 24.1 Å². The summed E-state index contributed by atoms with van der Waals surface area (Å²) in [7, 11) is -1.38. The average molecular weight is 436 g/mol. The van der Waals surface area contributed by atoms with Gasteiger partial charge in [0.2, 0.25) is 10.0 Å². The van der Waals surface area contributed by atoms with Gasteiger partial charge in [-0.1, -0.05) is 30.3 Å². The topological polar surface area (TPSA) is 93.3 Å². The Hall–Kier alpha value is -2.01. The number of imide groups is 1. The maximum Gasteiger partial charge on any atom is 0.326 e. The number of hydrogen-bond acceptors (Lipinski definition) is 6. The number of likely N-dealkylation sites (tertiary alicyclic amines) is 1. The molecular weight excluding hydrogens is 406 g/mol. The molecule has 0 radical (unpaired) electrons. The van der Waals surface area contributed by atoms with Crippen LogP contribution in [0.4, 0.5) is 4.79 Å². The molecule has 0 saturated carbocycles. The molecule has 3 fully saturated rings. The van der Waals surface area contributed by atoms with E-state index in [1.807, 2.05) is 42.3 Å². The Morgan fingerprint density at radius 2 is 1.60 bits per heavy atom. The predicted molar refractivity (Wildman–Crippen MR) is 112 cm³/mol. The van der Waals surface area contributed by atoms with E-state index in [4.69, 9.17) is 0 Å². The second-order valence-corrected chi connectivity index (χ2v) is 10.4. The zero-order valence-corrected chi connectivity index (χ0v) is 18.1. The van der Waals surface area contributed by atoms with Gasteiger partial charge in [0, 0.05) is 39.3 Å². The number of nitrogens with one attached hydrogen (secondary N) is 1. The van der Waals surface area contributed by atoms with E-state index in [1.165, 1.54) is 9.21 Å². The van der Waals surface area contributed by atoms with E-state index in [0.717, 1.165) is 18.7 Å². The number of nitrogens with zero attached hydrogens (tertiary/aromatic N) is 4. The molecule has 1 aromatic carbocycles. The summed E-state index contributed by atoms with van der Waals surface area (Å²) in [6.45, 7) is 3.44. The lowest BCUT2D eigenvalue weighted by Gasteiger charge is -2.37. The Morgan fingerprint density at radius 3 is 2.23 bits per heavy atom. The van der Waals surface area contributed by atoms with Crippen LogP contribution in [0.2, 0.25) is 0 Å². The van der Waals surface area contributed by atoms with Gasteiger partial charge in [-0.2, -0.15) is 4.31 Å². The maximum atomic E-state index is 13.0. The van der Waals surface area contributed by atoms with Crippen molar-refractivity contribution in [3.63, 3.8) is 0 Å². The average Bonchev–Trinajstić information content (AvgIpc) is 2.95. The monoisotopic (exact) mass is 435 g/mol. The van der Waals surface area contributed by atoms with Crippen LogP contribution < -0.4 is 5.32 Å². The molecule has 9 nitrogen and oxygen atoms in total. The fraction of sp³-hybridized carbons (Fsp3) is 0.600. The molecule has 0 unspecified atom stereocenters. The maximum absolute atomic E-state index is 13.0. The highest BCUT2D eigenvalue weighted by Gasteiger charge is 2.52. The van der Waals surface area contributed by atoms with Crippen LogP contribution in [-0.4, -0.2) is 97.9 Å². The minimum Gasteiger partial charge on any atom is -0.323 e. The summed E-state index contributed by atoms with van der Waals surface area (Å²) in [6.07, 6.45) is 1.24. The van der Waals surface area contributed by atoms with Crippen molar-refractivity contribution in [2.75, 3.05) is 53.0 Å². The molecule has 0 bridgehead atoms. The van der Waals surface area contributed by atoms with Crippen LogP contribution in [-0.2, 0) is 20.6 Å². The quantitative estimate of drug-likeness (QED) is 0.660. The Morgan fingerprint density at radius 1 is 0.967 bits per heavy atom. The SMILES string of the molecule is CN1CCC2(CC1)NC(=O)N(CN1CCN(S(=O)(=O)Cc3ccccc3)CC1)C2=O. The van der Waals surface area contributed by atoms with Crippen molar-refractivity contribution in [1.29, 1.82) is 0 Å². The van der Waals surface area contributed by atoms with E-state index in [1.54, 1.807) is 0 Å². The molecule has 1 spiro atoms. The Labute approximate surface area is 177 Å². The molecule has 3 saturated heterocycles. The highest BCUT2D eigenvalue weighted by molar-refractivity contribution is 7.88. The van der Waals surface area contributed by atoms with Crippen LogP contribution in [0.3, 0.4) is 0 Å². The van der Waals surface area contributed by atoms with Gasteiger partial charge in [0.15, 0.2) is 0 Å². The number of carbonyl (C=O) groups is 2. The van der Waals surface area contributed by atoms with E-state index in [9.17, 15) is 18.0 Å². The summed E-state index contributed by atoms with van der Waals surface area (Å²) < 4.78 is 26.9. The molecule has 4 rings (SSSR count). The van der Waals surface area contributed by atoms with Gasteiger partial charge in [0.05, 0.1) is 12.4 Å². The van der Waals surface area contributed by atoms with E-state index in [0.29, 0.717) is 39.0 Å². The summed E-state index contributed by atoms with van der Waals surface area (Å²) in [5.74, 6) is -0.169. The first kappa shape index (κ1) is 21.2. The highest BCUT2D eigenvalue weighted by atomic mass is 32.2. The number of hydrogen-bond donors (Lipinski definition) is 1. The van der Waals surface area contributed by atoms with Crippen molar-refractivity contribution < 1.29 is 18.0 Å². The summed E-state index contributed by atoms with van der Waals surface area (Å²) in [5.41, 5.74) is -0.00700. The lowest BCUT2D eigenvalue weighted by Crippen LogP contribution is -2.55. The molecule has 3 aliphatic rings. The first-order valence-corrected chi connectivity index (χ1v) is 12.0. The Bertz CT molecular complexity index is 891. The molecular formula is C20H29N5O4S. The van der Waals surface area contributed by atoms with Crippen molar-refractivity contribution in [2.24, 2.45) is 0 Å². The zero-order chi connectivity index (χ0) is 21.4. The zero-order valence-electron chi connectivity index (χ0n) is 17.3. The van der Waals surface area contributed by atoms with Crippen LogP contribution in [0.5, 0.6) is 0 Å². The number of sulfonamides is 1. The normalized spacial score (nSPS) is 23.8. The van der Waals surface area contributed by atoms with Crippen LogP contribution in [0.15, 0.2) is 30.3 Å². The Kier molecular flexibility index (Phi) is 5.84. The number of benzene rings is 1. The second-order valence-electron chi connectivity index (χ2n) is 8.45. The number of amides is 3. The van der Waals surface area contributed by atoms with E-state index in [-0.39, 0.29) is 24.4 Å². The van der Waals surface area contributed by atoms with Crippen molar-refractivity contribution in [1.82, 2.24) is 24.3 Å². The molecule has 164 valence electrons. The molecule has 3 aliphatic heterocycles. The number of piperazine rings is 1. The fourth-order valence-electron chi connectivity index (χ4n) is 4.37. The number of urea groups is 1. The van der Waals surface area contributed by atoms with Gasteiger partial charge >= 0.3 is 6.03 Å². The van der Waals surface area contributed by atoms with E-state index in [2.05, 4.69) is 10.2 Å². The first-order chi connectivity index (χ1) is 14.3. The number of rotatable bonds is 5. The molecule has 30 heavy (non-hydrogen) atoms. The number of piperidine rings is 1. The smallest absolute Gasteiger partial charge is 0.323 e. The van der Waals surface area contributed by atoms with Crippen LogP contribution >= 0.6 is 0 Å². The van der Waals surface area contributed by atoms with Gasteiger partial charge in [-0.15, -0.1) is 0 Å². The minimum atomic E-state index is -3.39. The van der Waals surface area contributed by atoms with Gasteiger partial charge < -0.3 is 10.2 Å². The lowest BCUT2D eigenvalue weighted by molar-refractivity contribution is -0.134. The van der Waals surface area contributed by atoms with Gasteiger partial charge in [-0.3, -0.25) is 9.69 Å². The van der Waals surface area contributed by atoms with Crippen LogP contribution in [0.25, 0.3) is 0 Å². The third-order valence-electron chi connectivity index (χ3n) is 6.34. The molecule has 0 atom stereocenters. The Balaban J connectivity index is 1.33. The van der Waals surface area contributed by atoms with Gasteiger partial charge in [-0.25, -0.2) is 18.1 Å². The lowest BCUT2D eigenvalue weighted by atomic mass is 9.88. The van der Waals surface area contributed by atoms with Gasteiger partial charge in [0.1, 0.15) is 5.54 Å². The van der Waals surface area contributed by atoms with Gasteiger partial charge in [0.25, 0.3) is 5.91 Å². The molecule has 0 aromatic heterocycles. The highest BCUT2D eigenvalue weighted by Crippen LogP contribution is 2.29. The molecule has 10 heteroatoms. The molecule has 3 heterocycles. The van der Waals surface area contributed by atoms with E-state index < -0.39 is 15.6 Å². The van der Waals surface area contributed by atoms with Crippen molar-refractivity contribution in [3.05, 3.63) is 35.9 Å². The number of carbonyl (C=O) groups excluding carboxylic acids is 2. The second kappa shape index (κ2) is 8.26. The van der Waals surface area contributed by atoms with Gasteiger partial charge in [-0.05, 0) is 25.5 Å². The summed E-state index contributed by atoms with van der Waals surface area (Å²) in [6, 6.07) is 8.80. The molecule has 3 amide bonds. The van der Waals surface area contributed by atoms with Crippen LogP contribution in [0, 0.1) is 0 Å².